The third-order valence-corrected chi connectivity index (χ3v) is 5.92. The van der Waals surface area contributed by atoms with Crippen LogP contribution < -0.4 is 15.4 Å². The second-order valence-electron chi connectivity index (χ2n) is 6.71. The molecule has 4 N–H and O–H groups in total. The van der Waals surface area contributed by atoms with Crippen LogP contribution in [0.3, 0.4) is 0 Å². The molecule has 0 saturated heterocycles. The van der Waals surface area contributed by atoms with Crippen molar-refractivity contribution in [3.8, 4) is 0 Å². The van der Waals surface area contributed by atoms with Gasteiger partial charge >= 0.3 is 6.18 Å². The van der Waals surface area contributed by atoms with Crippen molar-refractivity contribution < 1.29 is 36.3 Å². The lowest BCUT2D eigenvalue weighted by Gasteiger charge is -2.25. The summed E-state index contributed by atoms with van der Waals surface area (Å²) in [5.74, 6) is -2.11. The van der Waals surface area contributed by atoms with Gasteiger partial charge in [-0.15, -0.1) is 0 Å². The minimum Gasteiger partial charge on any atom is -0.373 e. The highest BCUT2D eigenvalue weighted by Gasteiger charge is 2.55. The molecule has 0 aliphatic rings. The van der Waals surface area contributed by atoms with Gasteiger partial charge in [0, 0.05) is 17.8 Å². The predicted octanol–water partition coefficient (Wildman–Crippen LogP) is 3.14. The first-order valence-corrected chi connectivity index (χ1v) is 10.9. The number of aliphatic hydroxyl groups is 1. The minimum atomic E-state index is -5.23. The summed E-state index contributed by atoms with van der Waals surface area (Å²) in [6, 6.07) is 8.50. The van der Waals surface area contributed by atoms with Crippen LogP contribution in [0.2, 0.25) is 5.02 Å². The fourth-order valence-electron chi connectivity index (χ4n) is 2.30. The van der Waals surface area contributed by atoms with E-state index in [0.29, 0.717) is 12.1 Å². The number of halogens is 4. The highest BCUT2D eigenvalue weighted by Crippen LogP contribution is 2.33. The Labute approximate surface area is 186 Å². The third kappa shape index (κ3) is 5.69. The average Bonchev–Trinajstić information content (AvgIpc) is 2.68. The lowest BCUT2D eigenvalue weighted by atomic mass is 10.1. The molecule has 32 heavy (non-hydrogen) atoms. The summed E-state index contributed by atoms with van der Waals surface area (Å²) in [5, 5.41) is 13.4. The van der Waals surface area contributed by atoms with Gasteiger partial charge in [-0.1, -0.05) is 11.6 Å². The molecule has 2 aromatic carbocycles. The van der Waals surface area contributed by atoms with Crippen molar-refractivity contribution in [1.29, 1.82) is 0 Å². The number of hydrogen-bond acceptors (Lipinski definition) is 5. The number of anilines is 2. The number of alkyl halides is 3. The Morgan fingerprint density at radius 1 is 1.09 bits per heavy atom. The molecule has 0 saturated carbocycles. The second kappa shape index (κ2) is 9.35. The lowest BCUT2D eigenvalue weighted by Crippen LogP contribution is -2.52. The molecule has 8 nitrogen and oxygen atoms in total. The van der Waals surface area contributed by atoms with Crippen LogP contribution in [-0.2, 0) is 14.8 Å². The fourth-order valence-corrected chi connectivity index (χ4v) is 3.68. The Hall–Kier alpha value is -2.83. The molecule has 0 bridgehead atoms. The molecule has 174 valence electrons. The van der Waals surface area contributed by atoms with E-state index in [2.05, 4.69) is 10.0 Å². The summed E-state index contributed by atoms with van der Waals surface area (Å²) >= 11 is 5.92. The van der Waals surface area contributed by atoms with Gasteiger partial charge in [0.15, 0.2) is 0 Å². The quantitative estimate of drug-likeness (QED) is 0.471. The van der Waals surface area contributed by atoms with Gasteiger partial charge in [0.05, 0.1) is 15.6 Å². The van der Waals surface area contributed by atoms with Crippen molar-refractivity contribution >= 4 is 44.8 Å². The van der Waals surface area contributed by atoms with Crippen LogP contribution in [0.25, 0.3) is 0 Å². The van der Waals surface area contributed by atoms with Crippen molar-refractivity contribution in [3.63, 3.8) is 0 Å². The number of hydrogen-bond donors (Lipinski definition) is 4. The number of amides is 2. The van der Waals surface area contributed by atoms with Crippen LogP contribution >= 0.6 is 11.6 Å². The molecule has 0 aromatic heterocycles. The van der Waals surface area contributed by atoms with E-state index in [1.807, 2.05) is 5.32 Å². The Kier molecular flexibility index (Phi) is 7.43. The molecule has 1 atom stereocenters. The van der Waals surface area contributed by atoms with Crippen molar-refractivity contribution in [2.45, 2.75) is 30.5 Å². The van der Waals surface area contributed by atoms with Crippen LogP contribution in [0, 0.1) is 0 Å². The SMILES string of the molecule is CCNC(=O)c1ccc(NS(=O)(=O)c2ccc(NC(=O)[C@@](C)(O)C(F)(F)F)c(Cl)c2)cc1. The first kappa shape index (κ1) is 25.4. The van der Waals surface area contributed by atoms with Crippen LogP contribution in [0.4, 0.5) is 24.5 Å². The zero-order valence-corrected chi connectivity index (χ0v) is 18.3. The molecule has 0 aliphatic heterocycles. The summed E-state index contributed by atoms with van der Waals surface area (Å²) in [5.41, 5.74) is -3.53. The number of benzene rings is 2. The van der Waals surface area contributed by atoms with Crippen LogP contribution in [-0.4, -0.2) is 43.7 Å². The van der Waals surface area contributed by atoms with E-state index in [-0.39, 0.29) is 34.1 Å². The summed E-state index contributed by atoms with van der Waals surface area (Å²) in [6.45, 7) is 2.45. The zero-order chi connectivity index (χ0) is 24.3. The number of carbonyl (C=O) groups is 2. The molecule has 2 rings (SSSR count). The van der Waals surface area contributed by atoms with Gasteiger partial charge in [-0.25, -0.2) is 8.42 Å². The molecule has 2 amide bonds. The van der Waals surface area contributed by atoms with Gasteiger partial charge in [-0.05, 0) is 56.3 Å². The first-order chi connectivity index (χ1) is 14.7. The molecule has 2 aromatic rings. The van der Waals surface area contributed by atoms with Crippen molar-refractivity contribution in [3.05, 3.63) is 53.1 Å². The van der Waals surface area contributed by atoms with Gasteiger partial charge < -0.3 is 15.7 Å². The average molecular weight is 494 g/mol. The third-order valence-electron chi connectivity index (χ3n) is 4.23. The first-order valence-electron chi connectivity index (χ1n) is 9.00. The van der Waals surface area contributed by atoms with E-state index in [4.69, 9.17) is 11.6 Å². The standard InChI is InChI=1S/C19H19ClF3N3O5S/c1-3-24-16(27)11-4-6-12(7-5-11)26-32(30,31)13-8-9-15(14(20)10-13)25-17(28)18(2,29)19(21,22)23/h4-10,26,29H,3H2,1-2H3,(H,24,27)(H,25,28)/t18-/m1/s1. The van der Waals surface area contributed by atoms with Crippen LogP contribution in [0.5, 0.6) is 0 Å². The monoisotopic (exact) mass is 493 g/mol. The van der Waals surface area contributed by atoms with Crippen molar-refractivity contribution in [2.75, 3.05) is 16.6 Å². The van der Waals surface area contributed by atoms with Crippen LogP contribution in [0.15, 0.2) is 47.4 Å². The van der Waals surface area contributed by atoms with E-state index < -0.39 is 27.7 Å². The fraction of sp³-hybridized carbons (Fsp3) is 0.263. The van der Waals surface area contributed by atoms with Gasteiger partial charge in [0.25, 0.3) is 21.8 Å². The number of carbonyl (C=O) groups excluding carboxylic acids is 2. The molecular formula is C19H19ClF3N3O5S. The minimum absolute atomic E-state index is 0.146. The summed E-state index contributed by atoms with van der Waals surface area (Å²) in [4.78, 5) is 23.2. The predicted molar refractivity (Wildman–Crippen MR) is 112 cm³/mol. The highest BCUT2D eigenvalue weighted by molar-refractivity contribution is 7.92. The zero-order valence-electron chi connectivity index (χ0n) is 16.7. The smallest absolute Gasteiger partial charge is 0.373 e. The molecule has 0 radical (unpaired) electrons. The summed E-state index contributed by atoms with van der Waals surface area (Å²) < 4.78 is 65.7. The molecule has 13 heteroatoms. The largest absolute Gasteiger partial charge is 0.426 e. The summed E-state index contributed by atoms with van der Waals surface area (Å²) in [6.07, 6.45) is -5.23. The number of nitrogens with one attached hydrogen (secondary N) is 3. The molecule has 0 unspecified atom stereocenters. The lowest BCUT2D eigenvalue weighted by molar-refractivity contribution is -0.242. The van der Waals surface area contributed by atoms with E-state index in [9.17, 15) is 36.3 Å². The Morgan fingerprint density at radius 2 is 1.69 bits per heavy atom. The van der Waals surface area contributed by atoms with E-state index >= 15 is 0 Å². The molecule has 0 spiro atoms. The van der Waals surface area contributed by atoms with Crippen LogP contribution in [0.1, 0.15) is 24.2 Å². The van der Waals surface area contributed by atoms with E-state index in [1.165, 1.54) is 24.3 Å². The molecule has 0 fully saturated rings. The Morgan fingerprint density at radius 3 is 2.19 bits per heavy atom. The number of rotatable bonds is 7. The maximum atomic E-state index is 12.8. The van der Waals surface area contributed by atoms with Gasteiger partial charge in [-0.2, -0.15) is 13.2 Å². The summed E-state index contributed by atoms with van der Waals surface area (Å²) in [7, 11) is -4.15. The maximum Gasteiger partial charge on any atom is 0.426 e. The van der Waals surface area contributed by atoms with Crippen molar-refractivity contribution in [2.24, 2.45) is 0 Å². The maximum absolute atomic E-state index is 12.8. The Balaban J connectivity index is 2.19. The van der Waals surface area contributed by atoms with Gasteiger partial charge in [0.1, 0.15) is 0 Å². The Bertz CT molecular complexity index is 1120. The molecular weight excluding hydrogens is 475 g/mol. The van der Waals surface area contributed by atoms with E-state index in [0.717, 1.165) is 18.2 Å². The van der Waals surface area contributed by atoms with Gasteiger partial charge in [0.2, 0.25) is 5.60 Å². The molecule has 0 aliphatic carbocycles. The molecule has 0 heterocycles. The highest BCUT2D eigenvalue weighted by atomic mass is 35.5. The topological polar surface area (TPSA) is 125 Å². The normalized spacial score (nSPS) is 13.7. The second-order valence-corrected chi connectivity index (χ2v) is 8.80. The van der Waals surface area contributed by atoms with E-state index in [1.54, 1.807) is 6.92 Å². The number of sulfonamides is 1. The van der Waals surface area contributed by atoms with Gasteiger partial charge in [-0.3, -0.25) is 14.3 Å². The van der Waals surface area contributed by atoms with Crippen molar-refractivity contribution in [1.82, 2.24) is 5.32 Å².